The Balaban J connectivity index is 2.06. The number of aryl methyl sites for hydroxylation is 3. The molecular weight excluding hydrogens is 270 g/mol. The average molecular weight is 295 g/mol. The highest BCUT2D eigenvalue weighted by Crippen LogP contribution is 2.18. The van der Waals surface area contributed by atoms with Gasteiger partial charge in [0.2, 0.25) is 5.91 Å². The van der Waals surface area contributed by atoms with Gasteiger partial charge in [-0.3, -0.25) is 4.79 Å². The molecule has 0 aliphatic heterocycles. The van der Waals surface area contributed by atoms with Crippen molar-refractivity contribution in [3.8, 4) is 0 Å². The molecule has 0 spiro atoms. The van der Waals surface area contributed by atoms with E-state index in [0.717, 1.165) is 12.0 Å². The van der Waals surface area contributed by atoms with Crippen LogP contribution in [0.3, 0.4) is 0 Å². The van der Waals surface area contributed by atoms with Gasteiger partial charge in [-0.25, -0.2) is 0 Å². The molecule has 2 aromatic carbocycles. The van der Waals surface area contributed by atoms with Gasteiger partial charge in [0.05, 0.1) is 12.5 Å². The van der Waals surface area contributed by atoms with Crippen molar-refractivity contribution in [3.05, 3.63) is 70.3 Å². The number of hydrogen-bond acceptors (Lipinski definition) is 1. The van der Waals surface area contributed by atoms with Crippen molar-refractivity contribution >= 4 is 5.91 Å². The molecule has 0 radical (unpaired) electrons. The van der Waals surface area contributed by atoms with E-state index < -0.39 is 0 Å². The maximum absolute atomic E-state index is 12.4. The second kappa shape index (κ2) is 7.26. The fourth-order valence-electron chi connectivity index (χ4n) is 2.63. The molecule has 0 saturated heterocycles. The first kappa shape index (κ1) is 16.3. The van der Waals surface area contributed by atoms with Crippen LogP contribution in [0.5, 0.6) is 0 Å². The summed E-state index contributed by atoms with van der Waals surface area (Å²) in [6.45, 7) is 8.29. The maximum Gasteiger partial charge on any atom is 0.224 e. The van der Waals surface area contributed by atoms with Crippen LogP contribution in [0, 0.1) is 20.8 Å². The zero-order valence-electron chi connectivity index (χ0n) is 13.9. The van der Waals surface area contributed by atoms with Gasteiger partial charge >= 0.3 is 0 Å². The number of rotatable bonds is 5. The highest BCUT2D eigenvalue weighted by molar-refractivity contribution is 5.79. The molecule has 1 amide bonds. The molecule has 0 heterocycles. The lowest BCUT2D eigenvalue weighted by Crippen LogP contribution is -2.29. The van der Waals surface area contributed by atoms with Crippen LogP contribution in [0.4, 0.5) is 0 Å². The van der Waals surface area contributed by atoms with Crippen LogP contribution < -0.4 is 5.32 Å². The van der Waals surface area contributed by atoms with Crippen LogP contribution in [0.2, 0.25) is 0 Å². The molecule has 1 atom stereocenters. The van der Waals surface area contributed by atoms with E-state index in [0.29, 0.717) is 6.42 Å². The molecule has 0 aliphatic rings. The van der Waals surface area contributed by atoms with Crippen LogP contribution in [0.15, 0.2) is 42.5 Å². The number of carbonyl (C=O) groups is 1. The van der Waals surface area contributed by atoms with Crippen molar-refractivity contribution in [1.82, 2.24) is 5.32 Å². The fourth-order valence-corrected chi connectivity index (χ4v) is 2.63. The number of carbonyl (C=O) groups excluding carboxylic acids is 1. The van der Waals surface area contributed by atoms with Crippen molar-refractivity contribution in [2.75, 3.05) is 0 Å². The highest BCUT2D eigenvalue weighted by Gasteiger charge is 2.13. The lowest BCUT2D eigenvalue weighted by Gasteiger charge is -2.18. The summed E-state index contributed by atoms with van der Waals surface area (Å²) in [6.07, 6.45) is 1.33. The fraction of sp³-hybridized carbons (Fsp3) is 0.350. The Hall–Kier alpha value is -2.09. The standard InChI is InChI=1S/C20H25NO/c1-5-19(17-10-7-14(2)8-11-17)21-20(22)13-18-12-15(3)6-9-16(18)4/h6-12,19H,5,13H2,1-4H3,(H,21,22)/t19-/m1/s1. The van der Waals surface area contributed by atoms with E-state index in [1.807, 2.05) is 0 Å². The third-order valence-electron chi connectivity index (χ3n) is 4.08. The maximum atomic E-state index is 12.4. The van der Waals surface area contributed by atoms with Gasteiger partial charge in [0.1, 0.15) is 0 Å². The Kier molecular flexibility index (Phi) is 5.37. The second-order valence-corrected chi connectivity index (χ2v) is 6.05. The van der Waals surface area contributed by atoms with Crippen molar-refractivity contribution < 1.29 is 4.79 Å². The molecule has 2 aromatic rings. The molecule has 0 unspecified atom stereocenters. The molecule has 0 bridgehead atoms. The summed E-state index contributed by atoms with van der Waals surface area (Å²) in [5.74, 6) is 0.0844. The van der Waals surface area contributed by atoms with E-state index in [-0.39, 0.29) is 11.9 Å². The van der Waals surface area contributed by atoms with E-state index >= 15 is 0 Å². The van der Waals surface area contributed by atoms with E-state index in [1.54, 1.807) is 0 Å². The number of amides is 1. The third-order valence-corrected chi connectivity index (χ3v) is 4.08. The molecule has 116 valence electrons. The monoisotopic (exact) mass is 295 g/mol. The first-order valence-corrected chi connectivity index (χ1v) is 7.91. The van der Waals surface area contributed by atoms with Crippen LogP contribution in [-0.4, -0.2) is 5.91 Å². The van der Waals surface area contributed by atoms with Gasteiger partial charge in [-0.15, -0.1) is 0 Å². The first-order chi connectivity index (χ1) is 10.5. The first-order valence-electron chi connectivity index (χ1n) is 7.91. The van der Waals surface area contributed by atoms with E-state index in [1.165, 1.54) is 22.3 Å². The van der Waals surface area contributed by atoms with Gasteiger partial charge in [0.15, 0.2) is 0 Å². The van der Waals surface area contributed by atoms with E-state index in [2.05, 4.69) is 75.5 Å². The Morgan fingerprint density at radius 1 is 1.00 bits per heavy atom. The normalized spacial score (nSPS) is 12.0. The van der Waals surface area contributed by atoms with Gasteiger partial charge in [-0.1, -0.05) is 60.5 Å². The Morgan fingerprint density at radius 2 is 1.64 bits per heavy atom. The summed E-state index contributed by atoms with van der Waals surface area (Å²) in [5, 5.41) is 3.16. The van der Waals surface area contributed by atoms with Crippen molar-refractivity contribution in [1.29, 1.82) is 0 Å². The third kappa shape index (κ3) is 4.20. The SMILES string of the molecule is CC[C@@H](NC(=O)Cc1cc(C)ccc1C)c1ccc(C)cc1. The molecule has 2 rings (SSSR count). The topological polar surface area (TPSA) is 29.1 Å². The summed E-state index contributed by atoms with van der Waals surface area (Å²) < 4.78 is 0. The van der Waals surface area contributed by atoms with Crippen LogP contribution in [0.1, 0.15) is 47.2 Å². The summed E-state index contributed by atoms with van der Waals surface area (Å²) >= 11 is 0. The molecule has 1 N–H and O–H groups in total. The predicted molar refractivity (Wildman–Crippen MR) is 92.0 cm³/mol. The van der Waals surface area contributed by atoms with Crippen LogP contribution >= 0.6 is 0 Å². The van der Waals surface area contributed by atoms with Gasteiger partial charge in [0.25, 0.3) is 0 Å². The van der Waals surface area contributed by atoms with Gasteiger partial charge < -0.3 is 5.32 Å². The molecular formula is C20H25NO. The lowest BCUT2D eigenvalue weighted by molar-refractivity contribution is -0.121. The minimum atomic E-state index is 0.0817. The molecule has 0 saturated carbocycles. The smallest absolute Gasteiger partial charge is 0.224 e. The summed E-state index contributed by atoms with van der Waals surface area (Å²) in [4.78, 5) is 12.4. The van der Waals surface area contributed by atoms with E-state index in [9.17, 15) is 4.79 Å². The Labute approximate surface area is 133 Å². The van der Waals surface area contributed by atoms with E-state index in [4.69, 9.17) is 0 Å². The predicted octanol–water partition coefficient (Wildman–Crippen LogP) is 4.42. The van der Waals surface area contributed by atoms with Crippen molar-refractivity contribution in [3.63, 3.8) is 0 Å². The number of nitrogens with one attached hydrogen (secondary N) is 1. The van der Waals surface area contributed by atoms with Crippen LogP contribution in [-0.2, 0) is 11.2 Å². The average Bonchev–Trinajstić information content (AvgIpc) is 2.49. The Bertz CT molecular complexity index is 643. The molecule has 0 fully saturated rings. The largest absolute Gasteiger partial charge is 0.349 e. The molecule has 0 aliphatic carbocycles. The van der Waals surface area contributed by atoms with Gasteiger partial charge in [0, 0.05) is 0 Å². The highest BCUT2D eigenvalue weighted by atomic mass is 16.1. The molecule has 2 nitrogen and oxygen atoms in total. The summed E-state index contributed by atoms with van der Waals surface area (Å²) in [6, 6.07) is 14.7. The quantitative estimate of drug-likeness (QED) is 0.869. The zero-order valence-corrected chi connectivity index (χ0v) is 13.9. The van der Waals surface area contributed by atoms with Crippen molar-refractivity contribution in [2.45, 2.75) is 46.6 Å². The van der Waals surface area contributed by atoms with Gasteiger partial charge in [-0.05, 0) is 43.9 Å². The number of hydrogen-bond donors (Lipinski definition) is 1. The molecule has 0 aromatic heterocycles. The minimum Gasteiger partial charge on any atom is -0.349 e. The number of benzene rings is 2. The van der Waals surface area contributed by atoms with Crippen molar-refractivity contribution in [2.24, 2.45) is 0 Å². The van der Waals surface area contributed by atoms with Gasteiger partial charge in [-0.2, -0.15) is 0 Å². The minimum absolute atomic E-state index is 0.0817. The molecule has 22 heavy (non-hydrogen) atoms. The lowest BCUT2D eigenvalue weighted by atomic mass is 10.0. The zero-order chi connectivity index (χ0) is 16.1. The van der Waals surface area contributed by atoms with Crippen LogP contribution in [0.25, 0.3) is 0 Å². The Morgan fingerprint density at radius 3 is 2.27 bits per heavy atom. The summed E-state index contributed by atoms with van der Waals surface area (Å²) in [7, 11) is 0. The summed E-state index contributed by atoms with van der Waals surface area (Å²) in [5.41, 5.74) is 5.88. The molecule has 2 heteroatoms. The second-order valence-electron chi connectivity index (χ2n) is 6.05.